The zero-order valence-corrected chi connectivity index (χ0v) is 12.5. The number of H-pyrrole nitrogens is 1. The first-order valence-electron chi connectivity index (χ1n) is 5.79. The molecule has 1 heterocycles. The van der Waals surface area contributed by atoms with E-state index in [1.807, 2.05) is 13.1 Å². The van der Waals surface area contributed by atoms with Crippen LogP contribution in [-0.2, 0) is 6.54 Å². The lowest BCUT2D eigenvalue weighted by Gasteiger charge is -2.21. The summed E-state index contributed by atoms with van der Waals surface area (Å²) < 4.78 is 5.29. The molecule has 1 aromatic heterocycles. The van der Waals surface area contributed by atoms with Gasteiger partial charge in [-0.3, -0.25) is 4.79 Å². The maximum atomic E-state index is 11.5. The van der Waals surface area contributed by atoms with Crippen LogP contribution in [0.5, 0.6) is 5.75 Å². The molecular weight excluding hydrogens is 301 g/mol. The molecule has 0 aliphatic rings. The Morgan fingerprint density at radius 3 is 2.85 bits per heavy atom. The summed E-state index contributed by atoms with van der Waals surface area (Å²) in [5.41, 5.74) is 1.00. The van der Waals surface area contributed by atoms with E-state index in [1.165, 1.54) is 6.20 Å². The maximum absolute atomic E-state index is 11.5. The largest absolute Gasteiger partial charge is 0.496 e. The second kappa shape index (κ2) is 6.15. The van der Waals surface area contributed by atoms with Gasteiger partial charge in [-0.15, -0.1) is 0 Å². The van der Waals surface area contributed by atoms with Crippen molar-refractivity contribution in [3.05, 3.63) is 50.4 Å². The van der Waals surface area contributed by atoms with Crippen LogP contribution in [0, 0.1) is 0 Å². The predicted molar refractivity (Wildman–Crippen MR) is 80.0 cm³/mol. The smallest absolute Gasteiger partial charge is 0.285 e. The molecule has 20 heavy (non-hydrogen) atoms. The van der Waals surface area contributed by atoms with Gasteiger partial charge in [0.05, 0.1) is 19.0 Å². The van der Waals surface area contributed by atoms with E-state index >= 15 is 0 Å². The van der Waals surface area contributed by atoms with Crippen LogP contribution in [0.2, 0.25) is 10.0 Å². The van der Waals surface area contributed by atoms with Gasteiger partial charge >= 0.3 is 0 Å². The molecule has 2 rings (SSSR count). The van der Waals surface area contributed by atoms with Crippen LogP contribution in [0.3, 0.4) is 0 Å². The highest BCUT2D eigenvalue weighted by atomic mass is 35.5. The minimum Gasteiger partial charge on any atom is -0.496 e. The van der Waals surface area contributed by atoms with Gasteiger partial charge < -0.3 is 9.64 Å². The Balaban J connectivity index is 2.32. The first-order valence-corrected chi connectivity index (χ1v) is 6.55. The normalized spacial score (nSPS) is 10.4. The Bertz CT molecular complexity index is 673. The number of ether oxygens (including phenoxy) is 1. The van der Waals surface area contributed by atoms with Gasteiger partial charge in [0.1, 0.15) is 10.8 Å². The quantitative estimate of drug-likeness (QED) is 0.943. The SMILES string of the molecule is COc1ccc(Cl)cc1CN(C)c1cn[nH]c(=O)c1Cl. The van der Waals surface area contributed by atoms with Gasteiger partial charge in [-0.1, -0.05) is 23.2 Å². The molecular formula is C13H13Cl2N3O2. The molecule has 2 aromatic rings. The summed E-state index contributed by atoms with van der Waals surface area (Å²) >= 11 is 12.0. The third-order valence-electron chi connectivity index (χ3n) is 2.84. The third kappa shape index (κ3) is 3.05. The monoisotopic (exact) mass is 313 g/mol. The Morgan fingerprint density at radius 2 is 2.15 bits per heavy atom. The Hall–Kier alpha value is -1.72. The van der Waals surface area contributed by atoms with Crippen LogP contribution < -0.4 is 15.2 Å². The molecule has 0 unspecified atom stereocenters. The van der Waals surface area contributed by atoms with Gasteiger partial charge in [-0.05, 0) is 18.2 Å². The highest BCUT2D eigenvalue weighted by Gasteiger charge is 2.12. The van der Waals surface area contributed by atoms with Crippen molar-refractivity contribution < 1.29 is 4.74 Å². The van der Waals surface area contributed by atoms with E-state index in [2.05, 4.69) is 10.2 Å². The van der Waals surface area contributed by atoms with Gasteiger partial charge in [-0.2, -0.15) is 5.10 Å². The molecule has 0 saturated heterocycles. The minimum atomic E-state index is -0.422. The van der Waals surface area contributed by atoms with Gasteiger partial charge in [0.25, 0.3) is 5.56 Å². The van der Waals surface area contributed by atoms with Gasteiger partial charge in [0.15, 0.2) is 0 Å². The summed E-state index contributed by atoms with van der Waals surface area (Å²) in [5.74, 6) is 0.718. The molecule has 106 valence electrons. The second-order valence-electron chi connectivity index (χ2n) is 4.21. The number of hydrogen-bond acceptors (Lipinski definition) is 4. The lowest BCUT2D eigenvalue weighted by Crippen LogP contribution is -2.21. The van der Waals surface area contributed by atoms with Crippen LogP contribution >= 0.6 is 23.2 Å². The standard InChI is InChI=1S/C13H13Cl2N3O2/c1-18(10-6-16-17-13(19)12(10)15)7-8-5-9(14)3-4-11(8)20-2/h3-6H,7H2,1-2H3,(H,17,19). The second-order valence-corrected chi connectivity index (χ2v) is 5.02. The minimum absolute atomic E-state index is 0.100. The number of anilines is 1. The summed E-state index contributed by atoms with van der Waals surface area (Å²) in [6.07, 6.45) is 1.50. The molecule has 5 nitrogen and oxygen atoms in total. The van der Waals surface area contributed by atoms with E-state index in [-0.39, 0.29) is 5.02 Å². The van der Waals surface area contributed by atoms with Crippen LogP contribution in [0.1, 0.15) is 5.56 Å². The molecule has 0 atom stereocenters. The van der Waals surface area contributed by atoms with Crippen molar-refractivity contribution in [1.29, 1.82) is 0 Å². The lowest BCUT2D eigenvalue weighted by atomic mass is 10.2. The fourth-order valence-corrected chi connectivity index (χ4v) is 2.28. The van der Waals surface area contributed by atoms with E-state index in [0.717, 1.165) is 11.3 Å². The van der Waals surface area contributed by atoms with E-state index in [9.17, 15) is 4.79 Å². The molecule has 0 fully saturated rings. The number of nitrogens with zero attached hydrogens (tertiary/aromatic N) is 2. The van der Waals surface area contributed by atoms with E-state index in [1.54, 1.807) is 24.1 Å². The average Bonchev–Trinajstić information content (AvgIpc) is 2.42. The summed E-state index contributed by atoms with van der Waals surface area (Å²) in [4.78, 5) is 13.3. The molecule has 1 N–H and O–H groups in total. The van der Waals surface area contributed by atoms with Crippen molar-refractivity contribution in [1.82, 2.24) is 10.2 Å². The number of halogens is 2. The highest BCUT2D eigenvalue weighted by molar-refractivity contribution is 6.33. The average molecular weight is 314 g/mol. The van der Waals surface area contributed by atoms with Crippen LogP contribution in [0.25, 0.3) is 0 Å². The molecule has 0 saturated carbocycles. The highest BCUT2D eigenvalue weighted by Crippen LogP contribution is 2.27. The summed E-state index contributed by atoms with van der Waals surface area (Å²) in [6, 6.07) is 5.36. The molecule has 0 aliphatic heterocycles. The zero-order valence-electron chi connectivity index (χ0n) is 11.0. The zero-order chi connectivity index (χ0) is 14.7. The van der Waals surface area contributed by atoms with Gasteiger partial charge in [0.2, 0.25) is 0 Å². The van der Waals surface area contributed by atoms with Crippen molar-refractivity contribution in [2.45, 2.75) is 6.54 Å². The van der Waals surface area contributed by atoms with Gasteiger partial charge in [-0.25, -0.2) is 5.10 Å². The van der Waals surface area contributed by atoms with E-state index in [4.69, 9.17) is 27.9 Å². The topological polar surface area (TPSA) is 58.2 Å². The Labute approximate surface area is 126 Å². The van der Waals surface area contributed by atoms with E-state index < -0.39 is 5.56 Å². The summed E-state index contributed by atoms with van der Waals surface area (Å²) in [5, 5.41) is 6.74. The van der Waals surface area contributed by atoms with Crippen molar-refractivity contribution >= 4 is 28.9 Å². The molecule has 1 aromatic carbocycles. The van der Waals surface area contributed by atoms with Crippen molar-refractivity contribution in [2.24, 2.45) is 0 Å². The van der Waals surface area contributed by atoms with Crippen LogP contribution in [-0.4, -0.2) is 24.4 Å². The maximum Gasteiger partial charge on any atom is 0.285 e. The molecule has 7 heteroatoms. The van der Waals surface area contributed by atoms with Crippen LogP contribution in [0.15, 0.2) is 29.2 Å². The Kier molecular flexibility index (Phi) is 4.52. The number of nitrogens with one attached hydrogen (secondary N) is 1. The number of hydrogen-bond donors (Lipinski definition) is 1. The molecule has 0 amide bonds. The van der Waals surface area contributed by atoms with Crippen molar-refractivity contribution in [3.8, 4) is 5.75 Å². The number of aromatic nitrogens is 2. The first kappa shape index (κ1) is 14.7. The third-order valence-corrected chi connectivity index (χ3v) is 3.44. The Morgan fingerprint density at radius 1 is 1.40 bits per heavy atom. The van der Waals surface area contributed by atoms with E-state index in [0.29, 0.717) is 17.3 Å². The van der Waals surface area contributed by atoms with Crippen molar-refractivity contribution in [2.75, 3.05) is 19.1 Å². The van der Waals surface area contributed by atoms with Crippen molar-refractivity contribution in [3.63, 3.8) is 0 Å². The molecule has 0 bridgehead atoms. The van der Waals surface area contributed by atoms with Crippen LogP contribution in [0.4, 0.5) is 5.69 Å². The molecule has 0 spiro atoms. The van der Waals surface area contributed by atoms with Gasteiger partial charge in [0, 0.05) is 24.2 Å². The number of methoxy groups -OCH3 is 1. The fraction of sp³-hybridized carbons (Fsp3) is 0.231. The molecule has 0 aliphatic carbocycles. The number of rotatable bonds is 4. The predicted octanol–water partition coefficient (Wildman–Crippen LogP) is 2.72. The first-order chi connectivity index (χ1) is 9.52. The summed E-state index contributed by atoms with van der Waals surface area (Å²) in [7, 11) is 3.40. The number of aromatic amines is 1. The fourth-order valence-electron chi connectivity index (χ4n) is 1.85. The summed E-state index contributed by atoms with van der Waals surface area (Å²) in [6.45, 7) is 0.481. The molecule has 0 radical (unpaired) electrons. The lowest BCUT2D eigenvalue weighted by molar-refractivity contribution is 0.409. The number of benzene rings is 1.